The molecule has 0 aliphatic carbocycles. The highest BCUT2D eigenvalue weighted by atomic mass is 16.6. The molecule has 0 spiro atoms. The van der Waals surface area contributed by atoms with Crippen LogP contribution in [0.5, 0.6) is 0 Å². The quantitative estimate of drug-likeness (QED) is 0.151. The lowest BCUT2D eigenvalue weighted by atomic mass is 10.1. The second-order valence-corrected chi connectivity index (χ2v) is 7.25. The van der Waals surface area contributed by atoms with Gasteiger partial charge >= 0.3 is 5.97 Å². The molecule has 9 heteroatoms. The summed E-state index contributed by atoms with van der Waals surface area (Å²) < 4.78 is 17.8. The van der Waals surface area contributed by atoms with Crippen molar-refractivity contribution in [3.8, 4) is 11.3 Å². The number of benzene rings is 1. The van der Waals surface area contributed by atoms with Crippen LogP contribution in [-0.2, 0) is 16.0 Å². The second kappa shape index (κ2) is 10.1. The molecule has 0 atom stereocenters. The summed E-state index contributed by atoms with van der Waals surface area (Å²) in [6, 6.07) is 10.5. The summed E-state index contributed by atoms with van der Waals surface area (Å²) in [6.07, 6.45) is 0.824. The Bertz CT molecular complexity index is 1130. The number of non-ortho nitro benzene ring substituents is 1. The molecular weight excluding hydrogens is 416 g/mol. The normalized spacial score (nSPS) is 10.8. The van der Waals surface area contributed by atoms with E-state index in [0.29, 0.717) is 23.5 Å². The first-order valence-corrected chi connectivity index (χ1v) is 10.0. The van der Waals surface area contributed by atoms with Crippen molar-refractivity contribution in [3.05, 3.63) is 75.3 Å². The van der Waals surface area contributed by atoms with Gasteiger partial charge in [0.05, 0.1) is 4.92 Å². The number of nitro benzene ring substituents is 1. The van der Waals surface area contributed by atoms with Crippen LogP contribution >= 0.6 is 0 Å². The summed E-state index contributed by atoms with van der Waals surface area (Å²) in [4.78, 5) is 35.2. The zero-order chi connectivity index (χ0) is 23.3. The summed E-state index contributed by atoms with van der Waals surface area (Å²) in [7, 11) is 1.65. The molecule has 0 saturated heterocycles. The van der Waals surface area contributed by atoms with E-state index >= 15 is 0 Å². The third-order valence-corrected chi connectivity index (χ3v) is 5.11. The van der Waals surface area contributed by atoms with Gasteiger partial charge < -0.3 is 18.5 Å². The number of carbonyl (C=O) groups excluding carboxylic acids is 2. The molecule has 1 aromatic carbocycles. The summed E-state index contributed by atoms with van der Waals surface area (Å²) >= 11 is 0. The molecule has 0 bridgehead atoms. The van der Waals surface area contributed by atoms with Gasteiger partial charge in [-0.05, 0) is 50.6 Å². The van der Waals surface area contributed by atoms with Gasteiger partial charge in [-0.3, -0.25) is 14.9 Å². The average molecular weight is 440 g/mol. The number of esters is 1. The Balaban J connectivity index is 1.62. The lowest BCUT2D eigenvalue weighted by Gasteiger charge is -2.09. The minimum Gasteiger partial charge on any atom is -0.451 e. The molecule has 0 radical (unpaired) electrons. The summed E-state index contributed by atoms with van der Waals surface area (Å²) in [5.74, 6) is -0.763. The lowest BCUT2D eigenvalue weighted by molar-refractivity contribution is -0.384. The second-order valence-electron chi connectivity index (χ2n) is 7.25. The summed E-state index contributed by atoms with van der Waals surface area (Å²) in [5.41, 5.74) is 2.81. The van der Waals surface area contributed by atoms with Crippen LogP contribution in [0.4, 0.5) is 5.69 Å². The molecule has 32 heavy (non-hydrogen) atoms. The van der Waals surface area contributed by atoms with Crippen LogP contribution in [-0.4, -0.2) is 41.6 Å². The van der Waals surface area contributed by atoms with E-state index in [1.807, 2.05) is 18.4 Å². The van der Waals surface area contributed by atoms with Crippen molar-refractivity contribution in [2.75, 3.05) is 20.3 Å². The van der Waals surface area contributed by atoms with Gasteiger partial charge in [0.25, 0.3) is 5.69 Å². The molecule has 3 rings (SSSR count). The standard InChI is InChI=1S/C23H24N2O7/c1-15-13-19(16(2)24(15)11-4-12-30-3)20(26)14-31-23(27)22-10-9-21(32-22)17-5-7-18(8-6-17)25(28)29/h5-10,13H,4,11-12,14H2,1-3H3. The molecule has 2 heterocycles. The molecule has 2 aromatic heterocycles. The van der Waals surface area contributed by atoms with Crippen molar-refractivity contribution >= 4 is 17.4 Å². The number of carbonyl (C=O) groups is 2. The van der Waals surface area contributed by atoms with Crippen LogP contribution in [0.25, 0.3) is 11.3 Å². The fraction of sp³-hybridized carbons (Fsp3) is 0.304. The Labute approximate surface area is 184 Å². The van der Waals surface area contributed by atoms with Crippen LogP contribution < -0.4 is 0 Å². The number of hydrogen-bond donors (Lipinski definition) is 0. The van der Waals surface area contributed by atoms with E-state index in [9.17, 15) is 19.7 Å². The Morgan fingerprint density at radius 2 is 1.84 bits per heavy atom. The van der Waals surface area contributed by atoms with Crippen LogP contribution in [0, 0.1) is 24.0 Å². The number of nitrogens with zero attached hydrogens (tertiary/aromatic N) is 2. The van der Waals surface area contributed by atoms with Crippen molar-refractivity contribution in [2.45, 2.75) is 26.8 Å². The average Bonchev–Trinajstić information content (AvgIpc) is 3.38. The van der Waals surface area contributed by atoms with Gasteiger partial charge in [-0.1, -0.05) is 0 Å². The highest BCUT2D eigenvalue weighted by Gasteiger charge is 2.20. The van der Waals surface area contributed by atoms with E-state index in [2.05, 4.69) is 0 Å². The van der Waals surface area contributed by atoms with Gasteiger partial charge in [-0.2, -0.15) is 0 Å². The maximum atomic E-state index is 12.6. The van der Waals surface area contributed by atoms with Crippen molar-refractivity contribution in [1.29, 1.82) is 0 Å². The van der Waals surface area contributed by atoms with Gasteiger partial charge in [0.1, 0.15) is 5.76 Å². The molecule has 0 aliphatic rings. The topological polar surface area (TPSA) is 114 Å². The number of hydrogen-bond acceptors (Lipinski definition) is 7. The van der Waals surface area contributed by atoms with Gasteiger partial charge in [-0.15, -0.1) is 0 Å². The smallest absolute Gasteiger partial charge is 0.374 e. The number of aromatic nitrogens is 1. The van der Waals surface area contributed by atoms with Gasteiger partial charge in [-0.25, -0.2) is 4.79 Å². The molecule has 0 saturated carbocycles. The SMILES string of the molecule is COCCCn1c(C)cc(C(=O)COC(=O)c2ccc(-c3ccc([N+](=O)[O-])cc3)o2)c1C. The molecule has 0 N–H and O–H groups in total. The number of Topliss-reactive ketones (excluding diaryl/α,β-unsaturated/α-hetero) is 1. The molecule has 0 amide bonds. The minimum absolute atomic E-state index is 0.0449. The lowest BCUT2D eigenvalue weighted by Crippen LogP contribution is -2.15. The van der Waals surface area contributed by atoms with E-state index in [1.165, 1.54) is 30.3 Å². The Kier molecular flexibility index (Phi) is 7.21. The van der Waals surface area contributed by atoms with Crippen LogP contribution in [0.3, 0.4) is 0 Å². The zero-order valence-electron chi connectivity index (χ0n) is 18.1. The highest BCUT2D eigenvalue weighted by Crippen LogP contribution is 2.25. The first-order valence-electron chi connectivity index (χ1n) is 10.0. The number of nitro groups is 1. The van der Waals surface area contributed by atoms with Crippen molar-refractivity contribution < 1.29 is 28.4 Å². The minimum atomic E-state index is -0.764. The number of furan rings is 1. The third-order valence-electron chi connectivity index (χ3n) is 5.11. The summed E-state index contributed by atoms with van der Waals surface area (Å²) in [5, 5.41) is 10.8. The van der Waals surface area contributed by atoms with E-state index < -0.39 is 17.5 Å². The number of methoxy groups -OCH3 is 1. The zero-order valence-corrected chi connectivity index (χ0v) is 18.1. The van der Waals surface area contributed by atoms with Gasteiger partial charge in [0, 0.05) is 54.9 Å². The number of ether oxygens (including phenoxy) is 2. The van der Waals surface area contributed by atoms with E-state index in [-0.39, 0.29) is 17.2 Å². The first kappa shape index (κ1) is 23.0. The van der Waals surface area contributed by atoms with E-state index in [1.54, 1.807) is 19.2 Å². The number of rotatable bonds is 10. The first-order chi connectivity index (χ1) is 15.3. The highest BCUT2D eigenvalue weighted by molar-refractivity contribution is 6.00. The molecule has 3 aromatic rings. The van der Waals surface area contributed by atoms with Crippen molar-refractivity contribution in [3.63, 3.8) is 0 Å². The molecule has 0 fully saturated rings. The van der Waals surface area contributed by atoms with Gasteiger partial charge in [0.2, 0.25) is 11.5 Å². The third kappa shape index (κ3) is 5.12. The number of ketones is 1. The summed E-state index contributed by atoms with van der Waals surface area (Å²) in [6.45, 7) is 4.73. The van der Waals surface area contributed by atoms with Gasteiger partial charge in [0.15, 0.2) is 6.61 Å². The Morgan fingerprint density at radius 3 is 2.50 bits per heavy atom. The van der Waals surface area contributed by atoms with E-state index in [4.69, 9.17) is 13.9 Å². The monoisotopic (exact) mass is 440 g/mol. The predicted octanol–water partition coefficient (Wildman–Crippen LogP) is 4.35. The Hall–Kier alpha value is -3.72. The van der Waals surface area contributed by atoms with Crippen LogP contribution in [0.1, 0.15) is 38.7 Å². The predicted molar refractivity (Wildman–Crippen MR) is 116 cm³/mol. The molecule has 168 valence electrons. The molecule has 9 nitrogen and oxygen atoms in total. The van der Waals surface area contributed by atoms with E-state index in [0.717, 1.165) is 24.4 Å². The van der Waals surface area contributed by atoms with Crippen molar-refractivity contribution in [2.24, 2.45) is 0 Å². The van der Waals surface area contributed by atoms with Crippen LogP contribution in [0.2, 0.25) is 0 Å². The maximum Gasteiger partial charge on any atom is 0.374 e. The Morgan fingerprint density at radius 1 is 1.12 bits per heavy atom. The molecule has 0 unspecified atom stereocenters. The molecule has 0 aliphatic heterocycles. The fourth-order valence-electron chi connectivity index (χ4n) is 3.42. The van der Waals surface area contributed by atoms with Crippen LogP contribution in [0.15, 0.2) is 46.9 Å². The largest absolute Gasteiger partial charge is 0.451 e. The maximum absolute atomic E-state index is 12.6. The van der Waals surface area contributed by atoms with Crippen molar-refractivity contribution in [1.82, 2.24) is 4.57 Å². The molecular formula is C23H24N2O7. The fourth-order valence-corrected chi connectivity index (χ4v) is 3.42. The number of aryl methyl sites for hydroxylation is 1.